The van der Waals surface area contributed by atoms with Crippen molar-refractivity contribution in [3.63, 3.8) is 0 Å². The van der Waals surface area contributed by atoms with Crippen molar-refractivity contribution in [1.82, 2.24) is 0 Å². The number of imide groups is 1. The molecule has 0 spiro atoms. The van der Waals surface area contributed by atoms with Crippen molar-refractivity contribution in [3.05, 3.63) is 29.3 Å². The standard InChI is InChI=1S/C13H16N2O2S/c14-5-3-9-1-2-11-10(7-9)8-13(17)15(11)12(16)4-6-18/h1-2,7,18H,3-6,8,14H2. The third-order valence-electron chi connectivity index (χ3n) is 2.98. The highest BCUT2D eigenvalue weighted by molar-refractivity contribution is 7.80. The fraction of sp³-hybridized carbons (Fsp3) is 0.385. The first-order valence-electron chi connectivity index (χ1n) is 5.96. The maximum absolute atomic E-state index is 11.9. The molecule has 0 fully saturated rings. The van der Waals surface area contributed by atoms with E-state index in [1.54, 1.807) is 0 Å². The Hall–Kier alpha value is -1.33. The number of thiol groups is 1. The molecule has 5 heteroatoms. The van der Waals surface area contributed by atoms with E-state index in [9.17, 15) is 9.59 Å². The topological polar surface area (TPSA) is 63.4 Å². The number of anilines is 1. The van der Waals surface area contributed by atoms with Gasteiger partial charge >= 0.3 is 0 Å². The van der Waals surface area contributed by atoms with Crippen LogP contribution in [0.15, 0.2) is 18.2 Å². The maximum Gasteiger partial charge on any atom is 0.238 e. The molecule has 2 N–H and O–H groups in total. The minimum absolute atomic E-state index is 0.151. The van der Waals surface area contributed by atoms with E-state index in [1.165, 1.54) is 4.90 Å². The molecule has 0 radical (unpaired) electrons. The summed E-state index contributed by atoms with van der Waals surface area (Å²) in [6, 6.07) is 5.72. The van der Waals surface area contributed by atoms with E-state index in [2.05, 4.69) is 12.6 Å². The van der Waals surface area contributed by atoms with Crippen LogP contribution in [0.3, 0.4) is 0 Å². The highest BCUT2D eigenvalue weighted by Gasteiger charge is 2.31. The smallest absolute Gasteiger partial charge is 0.238 e. The van der Waals surface area contributed by atoms with Crippen LogP contribution < -0.4 is 10.6 Å². The van der Waals surface area contributed by atoms with Crippen molar-refractivity contribution >= 4 is 30.1 Å². The largest absolute Gasteiger partial charge is 0.330 e. The lowest BCUT2D eigenvalue weighted by molar-refractivity contribution is -0.125. The number of nitrogens with two attached hydrogens (primary N) is 1. The number of carbonyl (C=O) groups is 2. The third kappa shape index (κ3) is 2.42. The van der Waals surface area contributed by atoms with Crippen molar-refractivity contribution in [1.29, 1.82) is 0 Å². The van der Waals surface area contributed by atoms with E-state index in [1.807, 2.05) is 18.2 Å². The van der Waals surface area contributed by atoms with E-state index in [0.29, 0.717) is 24.4 Å². The van der Waals surface area contributed by atoms with Gasteiger partial charge in [0.25, 0.3) is 0 Å². The molecule has 1 aromatic rings. The molecule has 4 nitrogen and oxygen atoms in total. The second-order valence-corrected chi connectivity index (χ2v) is 4.72. The van der Waals surface area contributed by atoms with Crippen molar-refractivity contribution in [2.45, 2.75) is 19.3 Å². The third-order valence-corrected chi connectivity index (χ3v) is 3.21. The maximum atomic E-state index is 11.9. The Morgan fingerprint density at radius 1 is 1.44 bits per heavy atom. The van der Waals surface area contributed by atoms with Crippen LogP contribution >= 0.6 is 12.6 Å². The fourth-order valence-corrected chi connectivity index (χ4v) is 2.37. The summed E-state index contributed by atoms with van der Waals surface area (Å²) in [7, 11) is 0. The molecular formula is C13H16N2O2S. The Bertz CT molecular complexity index is 488. The molecule has 1 aromatic carbocycles. The van der Waals surface area contributed by atoms with Crippen LogP contribution in [0, 0.1) is 0 Å². The average molecular weight is 264 g/mol. The molecule has 1 aliphatic rings. The number of amides is 2. The number of nitrogens with zero attached hydrogens (tertiary/aromatic N) is 1. The Morgan fingerprint density at radius 2 is 2.22 bits per heavy atom. The quantitative estimate of drug-likeness (QED) is 0.795. The monoisotopic (exact) mass is 264 g/mol. The fourth-order valence-electron chi connectivity index (χ4n) is 2.18. The van der Waals surface area contributed by atoms with Gasteiger partial charge < -0.3 is 5.73 Å². The van der Waals surface area contributed by atoms with E-state index >= 15 is 0 Å². The predicted molar refractivity (Wildman–Crippen MR) is 73.9 cm³/mol. The van der Waals surface area contributed by atoms with E-state index in [4.69, 9.17) is 5.73 Å². The molecule has 0 aromatic heterocycles. The number of fused-ring (bicyclic) bond motifs is 1. The zero-order chi connectivity index (χ0) is 13.1. The van der Waals surface area contributed by atoms with E-state index in [0.717, 1.165) is 17.5 Å². The SMILES string of the molecule is NCCc1ccc2c(c1)CC(=O)N2C(=O)CCS. The Balaban J connectivity index is 2.29. The molecule has 0 saturated heterocycles. The minimum atomic E-state index is -0.180. The summed E-state index contributed by atoms with van der Waals surface area (Å²) in [6.45, 7) is 0.578. The summed E-state index contributed by atoms with van der Waals surface area (Å²) in [6.07, 6.45) is 1.36. The Morgan fingerprint density at radius 3 is 2.89 bits per heavy atom. The highest BCUT2D eigenvalue weighted by Crippen LogP contribution is 2.30. The minimum Gasteiger partial charge on any atom is -0.330 e. The highest BCUT2D eigenvalue weighted by atomic mass is 32.1. The van der Waals surface area contributed by atoms with Gasteiger partial charge in [-0.25, -0.2) is 4.90 Å². The molecule has 0 saturated carbocycles. The molecule has 18 heavy (non-hydrogen) atoms. The first kappa shape index (κ1) is 13.1. The van der Waals surface area contributed by atoms with Crippen LogP contribution in [-0.4, -0.2) is 24.1 Å². The van der Waals surface area contributed by atoms with Crippen LogP contribution in [0.1, 0.15) is 17.5 Å². The first-order chi connectivity index (χ1) is 8.67. The second-order valence-electron chi connectivity index (χ2n) is 4.28. The number of hydrogen-bond donors (Lipinski definition) is 2. The van der Waals surface area contributed by atoms with Crippen molar-refractivity contribution in [3.8, 4) is 0 Å². The summed E-state index contributed by atoms with van der Waals surface area (Å²) in [4.78, 5) is 25.0. The molecule has 1 heterocycles. The summed E-state index contributed by atoms with van der Waals surface area (Å²) in [5, 5.41) is 0. The van der Waals surface area contributed by atoms with Crippen LogP contribution in [0.2, 0.25) is 0 Å². The van der Waals surface area contributed by atoms with Crippen LogP contribution in [0.5, 0.6) is 0 Å². The van der Waals surface area contributed by atoms with Crippen molar-refractivity contribution in [2.75, 3.05) is 17.2 Å². The van der Waals surface area contributed by atoms with Crippen LogP contribution in [-0.2, 0) is 22.4 Å². The summed E-state index contributed by atoms with van der Waals surface area (Å²) >= 11 is 4.02. The molecule has 0 atom stereocenters. The lowest BCUT2D eigenvalue weighted by Crippen LogP contribution is -2.33. The zero-order valence-electron chi connectivity index (χ0n) is 10.1. The van der Waals surface area contributed by atoms with Gasteiger partial charge in [0.1, 0.15) is 0 Å². The van der Waals surface area contributed by atoms with Gasteiger partial charge in [-0.15, -0.1) is 0 Å². The predicted octanol–water partition coefficient (Wildman–Crippen LogP) is 0.923. The van der Waals surface area contributed by atoms with E-state index in [-0.39, 0.29) is 18.2 Å². The molecule has 96 valence electrons. The molecule has 0 aliphatic carbocycles. The average Bonchev–Trinajstić information content (AvgIpc) is 2.65. The lowest BCUT2D eigenvalue weighted by Gasteiger charge is -2.15. The van der Waals surface area contributed by atoms with Gasteiger partial charge in [0, 0.05) is 6.42 Å². The van der Waals surface area contributed by atoms with E-state index < -0.39 is 0 Å². The van der Waals surface area contributed by atoms with Gasteiger partial charge in [-0.1, -0.05) is 12.1 Å². The second kappa shape index (κ2) is 5.54. The van der Waals surface area contributed by atoms with Gasteiger partial charge in [-0.2, -0.15) is 12.6 Å². The summed E-state index contributed by atoms with van der Waals surface area (Å²) < 4.78 is 0. The van der Waals surface area contributed by atoms with Crippen LogP contribution in [0.4, 0.5) is 5.69 Å². The van der Waals surface area contributed by atoms with Crippen molar-refractivity contribution in [2.24, 2.45) is 5.73 Å². The van der Waals surface area contributed by atoms with Gasteiger partial charge in [0.05, 0.1) is 12.1 Å². The lowest BCUT2D eigenvalue weighted by atomic mass is 10.1. The van der Waals surface area contributed by atoms with Gasteiger partial charge in [-0.05, 0) is 35.9 Å². The molecule has 2 amide bonds. The summed E-state index contributed by atoms with van der Waals surface area (Å²) in [5.74, 6) is 0.116. The van der Waals surface area contributed by atoms with Crippen LogP contribution in [0.25, 0.3) is 0 Å². The van der Waals surface area contributed by atoms with Crippen molar-refractivity contribution < 1.29 is 9.59 Å². The Kier molecular flexibility index (Phi) is 4.04. The molecule has 2 rings (SSSR count). The van der Waals surface area contributed by atoms with Gasteiger partial charge in [0.15, 0.2) is 0 Å². The number of rotatable bonds is 4. The Labute approximate surface area is 112 Å². The normalized spacial score (nSPS) is 13.9. The van der Waals surface area contributed by atoms with Gasteiger partial charge in [-0.3, -0.25) is 9.59 Å². The molecule has 0 unspecified atom stereocenters. The van der Waals surface area contributed by atoms with Gasteiger partial charge in [0.2, 0.25) is 11.8 Å². The number of hydrogen-bond acceptors (Lipinski definition) is 4. The number of benzene rings is 1. The molecular weight excluding hydrogens is 248 g/mol. The molecule has 1 aliphatic heterocycles. The zero-order valence-corrected chi connectivity index (χ0v) is 11.0. The summed E-state index contributed by atoms with van der Waals surface area (Å²) in [5.41, 5.74) is 8.24. The molecule has 0 bridgehead atoms. The number of carbonyl (C=O) groups excluding carboxylic acids is 2. The first-order valence-corrected chi connectivity index (χ1v) is 6.59.